The standard InChI is InChI=1S/C26H30N6O.CH3NO/c1-17(2)31-19-8-6-18(7-9-19)26-23(15-27)22-11-10-21(33-13-12-25(29)30-16-28)14-24(22)32(26)20-4-3-5-20;2-1-3/h6-11,14,16-17,20,31H,3-5,12-13H2,1-2H3,(H3,28,29,30);1H,(H2,2,3). The predicted octanol–water partition coefficient (Wildman–Crippen LogP) is 4.56. The lowest BCUT2D eigenvalue weighted by Crippen LogP contribution is -2.18. The number of nitrogens with two attached hydrogens (primary N) is 2. The highest BCUT2D eigenvalue weighted by Gasteiger charge is 2.28. The van der Waals surface area contributed by atoms with Crippen LogP contribution in [0.2, 0.25) is 0 Å². The van der Waals surface area contributed by atoms with Gasteiger partial charge in [-0.15, -0.1) is 0 Å². The van der Waals surface area contributed by atoms with Crippen LogP contribution in [0.1, 0.15) is 51.1 Å². The molecule has 0 spiro atoms. The Morgan fingerprint density at radius 2 is 2.00 bits per heavy atom. The topological polar surface area (TPSA) is 155 Å². The number of rotatable bonds is 9. The van der Waals surface area contributed by atoms with Crippen LogP contribution < -0.4 is 21.5 Å². The maximum atomic E-state index is 10.1. The summed E-state index contributed by atoms with van der Waals surface area (Å²) in [6.45, 7) is 4.61. The van der Waals surface area contributed by atoms with Gasteiger partial charge in [-0.1, -0.05) is 12.1 Å². The molecule has 1 amide bonds. The number of aromatic nitrogens is 1. The molecule has 1 aromatic heterocycles. The van der Waals surface area contributed by atoms with Crippen molar-refractivity contribution in [2.45, 2.75) is 51.6 Å². The molecule has 1 heterocycles. The van der Waals surface area contributed by atoms with Crippen LogP contribution in [0.5, 0.6) is 5.75 Å². The first-order valence-corrected chi connectivity index (χ1v) is 12.0. The molecular weight excluding hydrogens is 454 g/mol. The van der Waals surface area contributed by atoms with Gasteiger partial charge in [0.2, 0.25) is 6.41 Å². The molecule has 3 aromatic rings. The molecule has 1 aliphatic rings. The van der Waals surface area contributed by atoms with E-state index in [4.69, 9.17) is 20.7 Å². The zero-order chi connectivity index (χ0) is 26.1. The van der Waals surface area contributed by atoms with E-state index in [1.54, 1.807) is 0 Å². The Morgan fingerprint density at radius 1 is 1.31 bits per heavy atom. The first-order valence-electron chi connectivity index (χ1n) is 12.0. The molecule has 6 N–H and O–H groups in total. The number of carbonyl (C=O) groups excluding carboxylic acids is 1. The Labute approximate surface area is 211 Å². The number of amides is 1. The number of hydrogen-bond donors (Lipinski definition) is 4. The molecule has 9 heteroatoms. The fourth-order valence-electron chi connectivity index (χ4n) is 4.28. The van der Waals surface area contributed by atoms with E-state index in [1.165, 1.54) is 6.42 Å². The van der Waals surface area contributed by atoms with E-state index in [1.807, 2.05) is 18.2 Å². The summed E-state index contributed by atoms with van der Waals surface area (Å²) >= 11 is 0. The number of nitrogens with zero attached hydrogens (tertiary/aromatic N) is 3. The number of ether oxygens (including phenoxy) is 1. The van der Waals surface area contributed by atoms with E-state index in [-0.39, 0.29) is 6.41 Å². The smallest absolute Gasteiger partial charge is 0.204 e. The van der Waals surface area contributed by atoms with Gasteiger partial charge in [0, 0.05) is 35.6 Å². The predicted molar refractivity (Wildman–Crippen MR) is 145 cm³/mol. The zero-order valence-electron chi connectivity index (χ0n) is 20.7. The van der Waals surface area contributed by atoms with E-state index in [2.05, 4.69) is 64.8 Å². The van der Waals surface area contributed by atoms with Crippen molar-refractivity contribution in [2.75, 3.05) is 11.9 Å². The number of nitriles is 1. The lowest BCUT2D eigenvalue weighted by molar-refractivity contribution is -0.106. The lowest BCUT2D eigenvalue weighted by Gasteiger charge is -2.30. The fraction of sp³-hybridized carbons (Fsp3) is 0.333. The van der Waals surface area contributed by atoms with Crippen LogP contribution in [-0.4, -0.2) is 35.8 Å². The van der Waals surface area contributed by atoms with E-state index < -0.39 is 0 Å². The molecular formula is C27H33N7O2. The van der Waals surface area contributed by atoms with Crippen molar-refractivity contribution in [1.82, 2.24) is 4.57 Å². The average Bonchev–Trinajstić information content (AvgIpc) is 3.12. The summed E-state index contributed by atoms with van der Waals surface area (Å²) in [7, 11) is 0. The third-order valence-electron chi connectivity index (χ3n) is 6.00. The van der Waals surface area contributed by atoms with Crippen LogP contribution in [0.15, 0.2) is 47.5 Å². The van der Waals surface area contributed by atoms with Crippen molar-refractivity contribution >= 4 is 35.2 Å². The van der Waals surface area contributed by atoms with Crippen LogP contribution in [0.3, 0.4) is 0 Å². The SMILES string of the molecule is CC(C)Nc1ccc(-c2c(C#N)c3ccc(OCCC(N)=NC=N)cc3n2C2CCC2)cc1.NC=O. The van der Waals surface area contributed by atoms with Gasteiger partial charge in [-0.25, -0.2) is 4.99 Å². The van der Waals surface area contributed by atoms with Crippen molar-refractivity contribution < 1.29 is 9.53 Å². The lowest BCUT2D eigenvalue weighted by atomic mass is 9.92. The normalized spacial score (nSPS) is 13.3. The van der Waals surface area contributed by atoms with Gasteiger partial charge in [0.25, 0.3) is 0 Å². The molecule has 188 valence electrons. The average molecular weight is 488 g/mol. The minimum atomic E-state index is 0.250. The van der Waals surface area contributed by atoms with Gasteiger partial charge in [0.15, 0.2) is 0 Å². The Balaban J connectivity index is 0.00000115. The van der Waals surface area contributed by atoms with Crippen LogP contribution >= 0.6 is 0 Å². The monoisotopic (exact) mass is 487 g/mol. The summed E-state index contributed by atoms with van der Waals surface area (Å²) in [5.74, 6) is 1.10. The Hall–Kier alpha value is -4.32. The maximum Gasteiger partial charge on any atom is 0.204 e. The zero-order valence-corrected chi connectivity index (χ0v) is 20.7. The molecule has 36 heavy (non-hydrogen) atoms. The Bertz CT molecular complexity index is 1270. The van der Waals surface area contributed by atoms with Crippen molar-refractivity contribution in [3.8, 4) is 23.1 Å². The molecule has 9 nitrogen and oxygen atoms in total. The molecule has 1 saturated carbocycles. The molecule has 1 fully saturated rings. The summed E-state index contributed by atoms with van der Waals surface area (Å²) in [5, 5.41) is 21.5. The number of aliphatic imine (C=N–C) groups is 1. The molecule has 0 radical (unpaired) electrons. The van der Waals surface area contributed by atoms with Gasteiger partial charge in [-0.05, 0) is 62.9 Å². The van der Waals surface area contributed by atoms with Gasteiger partial charge in [-0.3, -0.25) is 10.2 Å². The number of primary amides is 1. The number of carbonyl (C=O) groups is 1. The molecule has 1 aliphatic carbocycles. The van der Waals surface area contributed by atoms with Crippen molar-refractivity contribution in [1.29, 1.82) is 10.7 Å². The van der Waals surface area contributed by atoms with Gasteiger partial charge in [0.05, 0.1) is 23.4 Å². The third-order valence-corrected chi connectivity index (χ3v) is 6.00. The first kappa shape index (κ1) is 26.3. The van der Waals surface area contributed by atoms with Crippen LogP contribution in [0.4, 0.5) is 5.69 Å². The van der Waals surface area contributed by atoms with Crippen molar-refractivity contribution in [3.05, 3.63) is 48.0 Å². The number of hydrogen-bond acceptors (Lipinski definition) is 5. The Kier molecular flexibility index (Phi) is 9.06. The van der Waals surface area contributed by atoms with Crippen molar-refractivity contribution in [3.63, 3.8) is 0 Å². The second-order valence-corrected chi connectivity index (χ2v) is 8.83. The summed E-state index contributed by atoms with van der Waals surface area (Å²) in [5.41, 5.74) is 14.7. The molecule has 2 aromatic carbocycles. The van der Waals surface area contributed by atoms with E-state index in [0.29, 0.717) is 36.5 Å². The molecule has 0 saturated heterocycles. The Morgan fingerprint density at radius 3 is 2.56 bits per heavy atom. The van der Waals surface area contributed by atoms with Gasteiger partial charge >= 0.3 is 0 Å². The van der Waals surface area contributed by atoms with Gasteiger partial charge in [-0.2, -0.15) is 5.26 Å². The van der Waals surface area contributed by atoms with E-state index >= 15 is 0 Å². The number of amidine groups is 1. The summed E-state index contributed by atoms with van der Waals surface area (Å²) in [6.07, 6.45) is 5.04. The number of anilines is 1. The second-order valence-electron chi connectivity index (χ2n) is 8.83. The number of fused-ring (bicyclic) bond motifs is 1. The summed E-state index contributed by atoms with van der Waals surface area (Å²) in [6, 6.07) is 17.5. The van der Waals surface area contributed by atoms with E-state index in [9.17, 15) is 5.26 Å². The van der Waals surface area contributed by atoms with Crippen molar-refractivity contribution in [2.24, 2.45) is 16.5 Å². The molecule has 0 aliphatic heterocycles. The van der Waals surface area contributed by atoms with Crippen LogP contribution in [-0.2, 0) is 4.79 Å². The fourth-order valence-corrected chi connectivity index (χ4v) is 4.28. The molecule has 4 rings (SSSR count). The molecule has 0 atom stereocenters. The second kappa shape index (κ2) is 12.4. The van der Waals surface area contributed by atoms with Gasteiger partial charge < -0.3 is 26.1 Å². The highest BCUT2D eigenvalue weighted by atomic mass is 16.5. The number of nitrogens with one attached hydrogen (secondary N) is 2. The largest absolute Gasteiger partial charge is 0.493 e. The van der Waals surface area contributed by atoms with Crippen LogP contribution in [0.25, 0.3) is 22.2 Å². The summed E-state index contributed by atoms with van der Waals surface area (Å²) in [4.78, 5) is 12.3. The van der Waals surface area contributed by atoms with Gasteiger partial charge in [0.1, 0.15) is 24.0 Å². The first-order chi connectivity index (χ1) is 17.4. The van der Waals surface area contributed by atoms with Crippen LogP contribution in [0, 0.1) is 16.7 Å². The maximum absolute atomic E-state index is 10.1. The molecule has 0 bridgehead atoms. The highest BCUT2D eigenvalue weighted by Crippen LogP contribution is 2.43. The summed E-state index contributed by atoms with van der Waals surface area (Å²) < 4.78 is 8.25. The molecule has 0 unspecified atom stereocenters. The minimum Gasteiger partial charge on any atom is -0.493 e. The third kappa shape index (κ3) is 6.02. The quantitative estimate of drug-likeness (QED) is 0.198. The van der Waals surface area contributed by atoms with E-state index in [0.717, 1.165) is 52.8 Å². The highest BCUT2D eigenvalue weighted by molar-refractivity contribution is 5.95. The minimum absolute atomic E-state index is 0.250. The number of benzene rings is 2.